The fourth-order valence-corrected chi connectivity index (χ4v) is 3.51. The highest BCUT2D eigenvalue weighted by Gasteiger charge is 2.23. The molecule has 0 bridgehead atoms. The highest BCUT2D eigenvalue weighted by molar-refractivity contribution is 5.80. The summed E-state index contributed by atoms with van der Waals surface area (Å²) in [5, 5.41) is 5.06. The van der Waals surface area contributed by atoms with Crippen LogP contribution in [0.1, 0.15) is 18.7 Å². The molecule has 4 aromatic heterocycles. The summed E-state index contributed by atoms with van der Waals surface area (Å²) in [7, 11) is 0. The molecular weight excluding hydrogens is 344 g/mol. The number of hydrogen-bond acceptors (Lipinski definition) is 8. The lowest BCUT2D eigenvalue weighted by Gasteiger charge is -2.32. The van der Waals surface area contributed by atoms with E-state index in [9.17, 15) is 0 Å². The van der Waals surface area contributed by atoms with Gasteiger partial charge >= 0.3 is 0 Å². The Morgan fingerprint density at radius 2 is 1.96 bits per heavy atom. The van der Waals surface area contributed by atoms with Crippen LogP contribution in [0.25, 0.3) is 22.6 Å². The van der Waals surface area contributed by atoms with Crippen molar-refractivity contribution in [1.29, 1.82) is 0 Å². The summed E-state index contributed by atoms with van der Waals surface area (Å²) >= 11 is 0. The maximum atomic E-state index is 5.76. The Kier molecular flexibility index (Phi) is 4.00. The third-order valence-corrected chi connectivity index (χ3v) is 4.95. The number of nitrogens with zero attached hydrogens (tertiary/aromatic N) is 6. The fourth-order valence-electron chi connectivity index (χ4n) is 3.51. The van der Waals surface area contributed by atoms with Gasteiger partial charge in [0.15, 0.2) is 11.6 Å². The Hall–Kier alpha value is -3.29. The minimum Gasteiger partial charge on any atom is -0.451 e. The van der Waals surface area contributed by atoms with Crippen molar-refractivity contribution in [1.82, 2.24) is 25.1 Å². The van der Waals surface area contributed by atoms with Crippen molar-refractivity contribution in [3.63, 3.8) is 0 Å². The van der Waals surface area contributed by atoms with Gasteiger partial charge in [-0.25, -0.2) is 4.98 Å². The summed E-state index contributed by atoms with van der Waals surface area (Å²) in [5.41, 5.74) is 0.760. The molecule has 0 radical (unpaired) electrons. The predicted octanol–water partition coefficient (Wildman–Crippen LogP) is 3.13. The topological polar surface area (TPSA) is 94.0 Å². The van der Waals surface area contributed by atoms with Crippen molar-refractivity contribution in [2.45, 2.75) is 19.3 Å². The average molecular weight is 362 g/mol. The molecule has 8 nitrogen and oxygen atoms in total. The highest BCUT2D eigenvalue weighted by atomic mass is 16.5. The predicted molar refractivity (Wildman–Crippen MR) is 98.0 cm³/mol. The van der Waals surface area contributed by atoms with E-state index in [-0.39, 0.29) is 0 Å². The Labute approximate surface area is 155 Å². The van der Waals surface area contributed by atoms with Crippen molar-refractivity contribution >= 4 is 16.8 Å². The zero-order valence-corrected chi connectivity index (χ0v) is 14.7. The van der Waals surface area contributed by atoms with E-state index in [1.165, 1.54) is 0 Å². The molecule has 0 aliphatic carbocycles. The Balaban J connectivity index is 1.24. The summed E-state index contributed by atoms with van der Waals surface area (Å²) < 4.78 is 11.2. The van der Waals surface area contributed by atoms with E-state index in [1.807, 2.05) is 18.3 Å². The Morgan fingerprint density at radius 1 is 1.07 bits per heavy atom. The van der Waals surface area contributed by atoms with Gasteiger partial charge in [0.2, 0.25) is 0 Å². The zero-order valence-electron chi connectivity index (χ0n) is 14.7. The van der Waals surface area contributed by atoms with E-state index in [1.54, 1.807) is 24.8 Å². The van der Waals surface area contributed by atoms with Gasteiger partial charge in [-0.1, -0.05) is 5.16 Å². The molecule has 0 saturated carbocycles. The zero-order chi connectivity index (χ0) is 18.1. The number of aromatic nitrogens is 5. The molecule has 0 N–H and O–H groups in total. The Bertz CT molecular complexity index is 1000. The normalized spacial score (nSPS) is 15.5. The number of furan rings is 1. The second-order valence-electron chi connectivity index (χ2n) is 6.74. The van der Waals surface area contributed by atoms with Crippen LogP contribution in [0, 0.1) is 5.92 Å². The minimum atomic E-state index is 0.415. The SMILES string of the molecule is c1cnc(N2CCC(Cc3noc(-c4cc5cnccc5o4)n3)CC2)cn1. The number of fused-ring (bicyclic) bond motifs is 1. The molecule has 1 aliphatic heterocycles. The molecule has 5 heterocycles. The molecule has 1 aliphatic rings. The van der Waals surface area contributed by atoms with E-state index >= 15 is 0 Å². The van der Waals surface area contributed by atoms with Crippen molar-refractivity contribution in [2.24, 2.45) is 5.92 Å². The van der Waals surface area contributed by atoms with Crippen molar-refractivity contribution in [2.75, 3.05) is 18.0 Å². The lowest BCUT2D eigenvalue weighted by molar-refractivity contribution is 0.375. The quantitative estimate of drug-likeness (QED) is 0.546. The number of pyridine rings is 1. The van der Waals surface area contributed by atoms with Crippen molar-refractivity contribution in [3.8, 4) is 11.7 Å². The molecule has 0 unspecified atom stereocenters. The molecular formula is C19H18N6O2. The third-order valence-electron chi connectivity index (χ3n) is 4.95. The van der Waals surface area contributed by atoms with Gasteiger partial charge < -0.3 is 13.8 Å². The van der Waals surface area contributed by atoms with E-state index in [4.69, 9.17) is 8.94 Å². The molecule has 0 spiro atoms. The van der Waals surface area contributed by atoms with Gasteiger partial charge in [0.1, 0.15) is 11.4 Å². The first-order valence-corrected chi connectivity index (χ1v) is 9.02. The lowest BCUT2D eigenvalue weighted by atomic mass is 9.93. The van der Waals surface area contributed by atoms with E-state index in [0.717, 1.165) is 55.0 Å². The van der Waals surface area contributed by atoms with Gasteiger partial charge in [0.25, 0.3) is 5.89 Å². The van der Waals surface area contributed by atoms with Crippen molar-refractivity contribution in [3.05, 3.63) is 48.9 Å². The smallest absolute Gasteiger partial charge is 0.293 e. The van der Waals surface area contributed by atoms with Gasteiger partial charge in [0.05, 0.1) is 6.20 Å². The lowest BCUT2D eigenvalue weighted by Crippen LogP contribution is -2.35. The molecule has 0 aromatic carbocycles. The summed E-state index contributed by atoms with van der Waals surface area (Å²) in [6, 6.07) is 3.69. The molecule has 1 fully saturated rings. The Morgan fingerprint density at radius 3 is 2.78 bits per heavy atom. The largest absolute Gasteiger partial charge is 0.451 e. The van der Waals surface area contributed by atoms with Gasteiger partial charge in [-0.3, -0.25) is 9.97 Å². The van der Waals surface area contributed by atoms with Crippen LogP contribution in [-0.4, -0.2) is 38.2 Å². The number of piperidine rings is 1. The first-order valence-electron chi connectivity index (χ1n) is 9.02. The summed E-state index contributed by atoms with van der Waals surface area (Å²) in [4.78, 5) is 19.4. The van der Waals surface area contributed by atoms with Crippen LogP contribution in [0.4, 0.5) is 5.82 Å². The average Bonchev–Trinajstić information content (AvgIpc) is 3.36. The molecule has 5 rings (SSSR count). The van der Waals surface area contributed by atoms with Gasteiger partial charge in [-0.2, -0.15) is 4.98 Å². The molecule has 0 atom stereocenters. The monoisotopic (exact) mass is 362 g/mol. The molecule has 0 amide bonds. The molecule has 136 valence electrons. The van der Waals surface area contributed by atoms with Gasteiger partial charge in [-0.05, 0) is 30.9 Å². The molecule has 4 aromatic rings. The standard InChI is InChI=1S/C19H18N6O2/c1-4-20-11-14-10-16(26-15(1)14)19-23-17(24-27-19)9-13-2-7-25(8-3-13)18-12-21-5-6-22-18/h1,4-6,10-13H,2-3,7-9H2. The number of hydrogen-bond donors (Lipinski definition) is 0. The maximum Gasteiger partial charge on any atom is 0.293 e. The molecule has 27 heavy (non-hydrogen) atoms. The second-order valence-corrected chi connectivity index (χ2v) is 6.74. The summed E-state index contributed by atoms with van der Waals surface area (Å²) in [6.07, 6.45) is 11.6. The number of rotatable bonds is 4. The second kappa shape index (κ2) is 6.79. The summed E-state index contributed by atoms with van der Waals surface area (Å²) in [5.74, 6) is 3.19. The van der Waals surface area contributed by atoms with Gasteiger partial charge in [0, 0.05) is 49.7 Å². The van der Waals surface area contributed by atoms with E-state index in [2.05, 4.69) is 30.0 Å². The first kappa shape index (κ1) is 15.9. The fraction of sp³-hybridized carbons (Fsp3) is 0.316. The van der Waals surface area contributed by atoms with Crippen LogP contribution in [-0.2, 0) is 6.42 Å². The van der Waals surface area contributed by atoms with Crippen molar-refractivity contribution < 1.29 is 8.94 Å². The number of anilines is 1. The van der Waals surface area contributed by atoms with Crippen LogP contribution < -0.4 is 4.90 Å². The highest BCUT2D eigenvalue weighted by Crippen LogP contribution is 2.27. The van der Waals surface area contributed by atoms with Crippen LogP contribution >= 0.6 is 0 Å². The van der Waals surface area contributed by atoms with E-state index in [0.29, 0.717) is 17.6 Å². The third kappa shape index (κ3) is 3.25. The summed E-state index contributed by atoms with van der Waals surface area (Å²) in [6.45, 7) is 1.93. The molecule has 8 heteroatoms. The first-order chi connectivity index (χ1) is 13.3. The van der Waals surface area contributed by atoms with Crippen LogP contribution in [0.3, 0.4) is 0 Å². The van der Waals surface area contributed by atoms with Crippen LogP contribution in [0.5, 0.6) is 0 Å². The minimum absolute atomic E-state index is 0.415. The van der Waals surface area contributed by atoms with Crippen LogP contribution in [0.2, 0.25) is 0 Å². The molecule has 1 saturated heterocycles. The van der Waals surface area contributed by atoms with Crippen LogP contribution in [0.15, 0.2) is 52.1 Å². The maximum absolute atomic E-state index is 5.76. The van der Waals surface area contributed by atoms with E-state index < -0.39 is 0 Å². The van der Waals surface area contributed by atoms with Gasteiger partial charge in [-0.15, -0.1) is 0 Å².